The average molecular weight is 255 g/mol. The largest absolute Gasteiger partial charge is 0.289 e. The molecule has 4 nitrogen and oxygen atoms in total. The molecule has 0 heterocycles. The molecule has 0 spiro atoms. The van der Waals surface area contributed by atoms with E-state index in [0.29, 0.717) is 5.56 Å². The van der Waals surface area contributed by atoms with E-state index < -0.39 is 5.91 Å². The number of amides is 1. The third-order valence-corrected chi connectivity index (χ3v) is 2.83. The van der Waals surface area contributed by atoms with Gasteiger partial charge in [-0.25, -0.2) is 5.48 Å². The lowest BCUT2D eigenvalue weighted by Gasteiger charge is -2.07. The van der Waals surface area contributed by atoms with Crippen LogP contribution in [0.4, 0.5) is 0 Å². The highest BCUT2D eigenvalue weighted by molar-refractivity contribution is 6.15. The number of hydroxylamine groups is 1. The Morgan fingerprint density at radius 2 is 1.53 bits per heavy atom. The Morgan fingerprint density at radius 1 is 0.947 bits per heavy atom. The van der Waals surface area contributed by atoms with Gasteiger partial charge >= 0.3 is 0 Å². The van der Waals surface area contributed by atoms with Crippen LogP contribution < -0.4 is 5.48 Å². The summed E-state index contributed by atoms with van der Waals surface area (Å²) in [7, 11) is 0. The zero-order chi connectivity index (χ0) is 13.8. The van der Waals surface area contributed by atoms with Gasteiger partial charge in [0.1, 0.15) is 0 Å². The maximum absolute atomic E-state index is 12.3. The third kappa shape index (κ3) is 2.69. The van der Waals surface area contributed by atoms with Crippen molar-refractivity contribution in [2.75, 3.05) is 0 Å². The number of hydrogen-bond donors (Lipinski definition) is 2. The normalized spacial score (nSPS) is 10.0. The van der Waals surface area contributed by atoms with Gasteiger partial charge in [-0.1, -0.05) is 48.0 Å². The summed E-state index contributed by atoms with van der Waals surface area (Å²) in [6, 6.07) is 13.5. The Balaban J connectivity index is 2.44. The van der Waals surface area contributed by atoms with Crippen LogP contribution in [0, 0.1) is 6.92 Å². The van der Waals surface area contributed by atoms with Crippen LogP contribution in [0.1, 0.15) is 31.8 Å². The smallest absolute Gasteiger partial charge is 0.275 e. The van der Waals surface area contributed by atoms with Gasteiger partial charge in [0, 0.05) is 11.1 Å². The minimum absolute atomic E-state index is 0.149. The number of benzene rings is 2. The van der Waals surface area contributed by atoms with Gasteiger partial charge in [0.15, 0.2) is 5.78 Å². The average Bonchev–Trinajstić information content (AvgIpc) is 2.46. The molecule has 0 fully saturated rings. The van der Waals surface area contributed by atoms with Crippen LogP contribution in [0.5, 0.6) is 0 Å². The highest BCUT2D eigenvalue weighted by Crippen LogP contribution is 2.15. The van der Waals surface area contributed by atoms with E-state index in [4.69, 9.17) is 5.21 Å². The summed E-state index contributed by atoms with van der Waals surface area (Å²) in [6.07, 6.45) is 0. The molecular weight excluding hydrogens is 242 g/mol. The van der Waals surface area contributed by atoms with Gasteiger partial charge < -0.3 is 0 Å². The molecule has 0 radical (unpaired) electrons. The van der Waals surface area contributed by atoms with Gasteiger partial charge in [0.05, 0.1) is 5.56 Å². The number of hydrogen-bond acceptors (Lipinski definition) is 3. The van der Waals surface area contributed by atoms with E-state index in [-0.39, 0.29) is 16.9 Å². The van der Waals surface area contributed by atoms with Crippen LogP contribution >= 0.6 is 0 Å². The molecule has 0 atom stereocenters. The minimum atomic E-state index is -0.698. The maximum atomic E-state index is 12.3. The van der Waals surface area contributed by atoms with Crippen LogP contribution in [0.25, 0.3) is 0 Å². The van der Waals surface area contributed by atoms with Crippen LogP contribution in [0.3, 0.4) is 0 Å². The minimum Gasteiger partial charge on any atom is -0.289 e. The monoisotopic (exact) mass is 255 g/mol. The molecule has 96 valence electrons. The van der Waals surface area contributed by atoms with Gasteiger partial charge in [-0.15, -0.1) is 0 Å². The van der Waals surface area contributed by atoms with E-state index in [2.05, 4.69) is 0 Å². The van der Waals surface area contributed by atoms with Crippen LogP contribution in [-0.4, -0.2) is 16.9 Å². The molecule has 0 unspecified atom stereocenters. The standard InChI is InChI=1S/C15H13NO3/c1-10-6-8-11(9-7-10)14(17)12-4-2-3-5-13(12)15(18)16-19/h2-9,19H,1H3,(H,16,18). The summed E-state index contributed by atoms with van der Waals surface area (Å²) in [5, 5.41) is 8.69. The van der Waals surface area contributed by atoms with Crippen LogP contribution in [0.2, 0.25) is 0 Å². The van der Waals surface area contributed by atoms with Gasteiger partial charge in [0.2, 0.25) is 0 Å². The SMILES string of the molecule is Cc1ccc(C(=O)c2ccccc2C(=O)NO)cc1. The van der Waals surface area contributed by atoms with E-state index >= 15 is 0 Å². The van der Waals surface area contributed by atoms with E-state index in [1.807, 2.05) is 19.1 Å². The molecule has 2 rings (SSSR count). The molecule has 2 N–H and O–H groups in total. The van der Waals surface area contributed by atoms with E-state index in [1.165, 1.54) is 6.07 Å². The van der Waals surface area contributed by atoms with Crippen molar-refractivity contribution >= 4 is 11.7 Å². The molecule has 0 saturated heterocycles. The highest BCUT2D eigenvalue weighted by Gasteiger charge is 2.17. The first-order valence-corrected chi connectivity index (χ1v) is 5.78. The van der Waals surface area contributed by atoms with E-state index in [0.717, 1.165) is 5.56 Å². The van der Waals surface area contributed by atoms with Crippen molar-refractivity contribution in [2.24, 2.45) is 0 Å². The van der Waals surface area contributed by atoms with Gasteiger partial charge in [-0.05, 0) is 13.0 Å². The Bertz CT molecular complexity index is 618. The Labute approximate surface area is 110 Å². The van der Waals surface area contributed by atoms with Gasteiger partial charge in [-0.2, -0.15) is 0 Å². The molecule has 1 amide bonds. The Kier molecular flexibility index (Phi) is 3.73. The van der Waals surface area contributed by atoms with Crippen molar-refractivity contribution in [1.82, 2.24) is 5.48 Å². The van der Waals surface area contributed by atoms with Gasteiger partial charge in [-0.3, -0.25) is 14.8 Å². The first-order valence-electron chi connectivity index (χ1n) is 5.78. The second-order valence-corrected chi connectivity index (χ2v) is 4.18. The molecule has 4 heteroatoms. The quantitative estimate of drug-likeness (QED) is 0.502. The fraction of sp³-hybridized carbons (Fsp3) is 0.0667. The summed E-state index contributed by atoms with van der Waals surface area (Å²) in [5.41, 5.74) is 3.51. The molecular formula is C15H13NO3. The summed E-state index contributed by atoms with van der Waals surface area (Å²) in [4.78, 5) is 23.8. The molecule has 19 heavy (non-hydrogen) atoms. The number of ketones is 1. The summed E-state index contributed by atoms with van der Waals surface area (Å²) < 4.78 is 0. The molecule has 2 aromatic rings. The Morgan fingerprint density at radius 3 is 2.11 bits per heavy atom. The summed E-state index contributed by atoms with van der Waals surface area (Å²) >= 11 is 0. The molecule has 0 aliphatic rings. The summed E-state index contributed by atoms with van der Waals surface area (Å²) in [5.74, 6) is -0.949. The lowest BCUT2D eigenvalue weighted by Crippen LogP contribution is -2.21. The van der Waals surface area contributed by atoms with Crippen molar-refractivity contribution in [3.05, 3.63) is 70.8 Å². The lowest BCUT2D eigenvalue weighted by atomic mass is 9.97. The second-order valence-electron chi connectivity index (χ2n) is 4.18. The number of carbonyl (C=O) groups is 2. The second kappa shape index (κ2) is 5.46. The zero-order valence-corrected chi connectivity index (χ0v) is 10.4. The highest BCUT2D eigenvalue weighted by atomic mass is 16.5. The fourth-order valence-electron chi connectivity index (χ4n) is 1.80. The third-order valence-electron chi connectivity index (χ3n) is 2.83. The van der Waals surface area contributed by atoms with Crippen molar-refractivity contribution in [2.45, 2.75) is 6.92 Å². The van der Waals surface area contributed by atoms with Crippen molar-refractivity contribution in [3.8, 4) is 0 Å². The molecule has 0 aliphatic heterocycles. The topological polar surface area (TPSA) is 66.4 Å². The number of rotatable bonds is 3. The zero-order valence-electron chi connectivity index (χ0n) is 10.4. The molecule has 0 aliphatic carbocycles. The predicted octanol–water partition coefficient (Wildman–Crippen LogP) is 2.35. The number of aryl methyl sites for hydroxylation is 1. The first kappa shape index (κ1) is 13.0. The molecule has 2 aromatic carbocycles. The van der Waals surface area contributed by atoms with E-state index in [1.54, 1.807) is 35.8 Å². The number of carbonyl (C=O) groups excluding carboxylic acids is 2. The maximum Gasteiger partial charge on any atom is 0.275 e. The first-order chi connectivity index (χ1) is 9.13. The van der Waals surface area contributed by atoms with Gasteiger partial charge in [0.25, 0.3) is 5.91 Å². The molecule has 0 saturated carbocycles. The lowest BCUT2D eigenvalue weighted by molar-refractivity contribution is 0.0703. The predicted molar refractivity (Wildman–Crippen MR) is 70.3 cm³/mol. The fourth-order valence-corrected chi connectivity index (χ4v) is 1.80. The van der Waals surface area contributed by atoms with E-state index in [9.17, 15) is 9.59 Å². The number of nitrogens with one attached hydrogen (secondary N) is 1. The van der Waals surface area contributed by atoms with Crippen molar-refractivity contribution < 1.29 is 14.8 Å². The Hall–Kier alpha value is -2.46. The summed E-state index contributed by atoms with van der Waals surface area (Å²) in [6.45, 7) is 1.93. The van der Waals surface area contributed by atoms with Crippen LogP contribution in [-0.2, 0) is 0 Å². The van der Waals surface area contributed by atoms with Crippen LogP contribution in [0.15, 0.2) is 48.5 Å². The van der Waals surface area contributed by atoms with Crippen molar-refractivity contribution in [1.29, 1.82) is 0 Å². The molecule has 0 aromatic heterocycles. The molecule has 0 bridgehead atoms. The van der Waals surface area contributed by atoms with Crippen molar-refractivity contribution in [3.63, 3.8) is 0 Å².